The predicted molar refractivity (Wildman–Crippen MR) is 147 cm³/mol. The number of aryl methyl sites for hydroxylation is 1. The normalized spacial score (nSPS) is 11.7. The van der Waals surface area contributed by atoms with E-state index in [1.54, 1.807) is 35.4 Å². The van der Waals surface area contributed by atoms with Gasteiger partial charge in [-0.1, -0.05) is 42.2 Å². The Morgan fingerprint density at radius 3 is 2.69 bits per heavy atom. The molecule has 0 saturated heterocycles. The van der Waals surface area contributed by atoms with E-state index >= 15 is 0 Å². The Hall–Kier alpha value is -5.56. The average molecular weight is 514 g/mol. The van der Waals surface area contributed by atoms with Crippen LogP contribution in [0.3, 0.4) is 0 Å². The van der Waals surface area contributed by atoms with E-state index in [0.29, 0.717) is 11.2 Å². The molecule has 6 aromatic rings. The highest BCUT2D eigenvalue weighted by atomic mass is 16.2. The molecule has 190 valence electrons. The predicted octanol–water partition coefficient (Wildman–Crippen LogP) is 3.55. The molecule has 0 bridgehead atoms. The zero-order valence-corrected chi connectivity index (χ0v) is 21.2. The third-order valence-electron chi connectivity index (χ3n) is 6.39. The van der Waals surface area contributed by atoms with Crippen LogP contribution in [0.15, 0.2) is 79.4 Å². The Balaban J connectivity index is 1.43. The summed E-state index contributed by atoms with van der Waals surface area (Å²) in [4.78, 5) is 17.6. The van der Waals surface area contributed by atoms with Gasteiger partial charge in [-0.15, -0.1) is 0 Å². The van der Waals surface area contributed by atoms with E-state index in [1.807, 2.05) is 56.6 Å². The zero-order chi connectivity index (χ0) is 26.9. The second-order valence-electron chi connectivity index (χ2n) is 9.07. The summed E-state index contributed by atoms with van der Waals surface area (Å²) in [5.74, 6) is 6.09. The van der Waals surface area contributed by atoms with Crippen molar-refractivity contribution in [1.82, 2.24) is 39.9 Å². The molecule has 1 amide bonds. The summed E-state index contributed by atoms with van der Waals surface area (Å²) in [6.45, 7) is 1.91. The maximum Gasteiger partial charge on any atom is 0.274 e. The van der Waals surface area contributed by atoms with E-state index in [-0.39, 0.29) is 17.4 Å². The molecule has 4 aromatic heterocycles. The van der Waals surface area contributed by atoms with Gasteiger partial charge in [-0.25, -0.2) is 9.50 Å². The number of hydrogen-bond acceptors (Lipinski definition) is 7. The van der Waals surface area contributed by atoms with Crippen molar-refractivity contribution in [3.63, 3.8) is 0 Å². The van der Waals surface area contributed by atoms with Gasteiger partial charge in [0.25, 0.3) is 5.91 Å². The van der Waals surface area contributed by atoms with Gasteiger partial charge >= 0.3 is 0 Å². The van der Waals surface area contributed by atoms with Crippen LogP contribution in [0, 0.1) is 11.8 Å². The number of hydrogen-bond donors (Lipinski definition) is 2. The van der Waals surface area contributed by atoms with Crippen LogP contribution in [0.5, 0.6) is 0 Å². The molecule has 1 atom stereocenters. The van der Waals surface area contributed by atoms with Crippen LogP contribution in [0.2, 0.25) is 0 Å². The summed E-state index contributed by atoms with van der Waals surface area (Å²) in [5, 5.41) is 20.9. The second-order valence-corrected chi connectivity index (χ2v) is 9.07. The third-order valence-corrected chi connectivity index (χ3v) is 6.39. The quantitative estimate of drug-likeness (QED) is 0.345. The van der Waals surface area contributed by atoms with Gasteiger partial charge in [0.1, 0.15) is 0 Å². The Bertz CT molecular complexity index is 1910. The minimum absolute atomic E-state index is 0.114. The number of nitrogen functional groups attached to an aromatic ring is 1. The second kappa shape index (κ2) is 9.72. The number of anilines is 1. The first-order valence-electron chi connectivity index (χ1n) is 12.2. The van der Waals surface area contributed by atoms with E-state index in [4.69, 9.17) is 5.73 Å². The van der Waals surface area contributed by atoms with Crippen LogP contribution in [-0.2, 0) is 7.05 Å². The summed E-state index contributed by atoms with van der Waals surface area (Å²) in [6, 6.07) is 17.1. The van der Waals surface area contributed by atoms with Crippen LogP contribution >= 0.6 is 0 Å². The number of fused-ring (bicyclic) bond motifs is 2. The number of benzene rings is 2. The lowest BCUT2D eigenvalue weighted by molar-refractivity contribution is 0.0934. The largest absolute Gasteiger partial charge is 0.382 e. The van der Waals surface area contributed by atoms with Crippen molar-refractivity contribution in [3.05, 3.63) is 102 Å². The number of imidazole rings is 1. The lowest BCUT2D eigenvalue weighted by Gasteiger charge is -2.19. The maximum atomic E-state index is 13.4. The van der Waals surface area contributed by atoms with Crippen LogP contribution in [0.25, 0.3) is 27.7 Å². The standard InChI is InChI=1S/C29H23N9O/c1-18(34-29(39)27-28(30)35-26-9-6-12-32-38(26)27)22-14-25-24(13-23(22)20-7-4-3-5-8-20)21(16-31-36-25)11-10-19-15-33-37(2)17-19/h3-9,12-18H,30H2,1-2H3,(H,34,39)/t18-/m0/s1. The highest BCUT2D eigenvalue weighted by Crippen LogP contribution is 2.33. The average Bonchev–Trinajstić information content (AvgIpc) is 3.52. The van der Waals surface area contributed by atoms with Gasteiger partial charge < -0.3 is 11.1 Å². The number of carbonyl (C=O) groups excluding carboxylic acids is 1. The molecule has 10 nitrogen and oxygen atoms in total. The van der Waals surface area contributed by atoms with Crippen molar-refractivity contribution in [2.24, 2.45) is 7.05 Å². The molecule has 0 aliphatic rings. The number of nitrogens with zero attached hydrogens (tertiary/aromatic N) is 7. The summed E-state index contributed by atoms with van der Waals surface area (Å²) < 4.78 is 3.15. The van der Waals surface area contributed by atoms with E-state index in [0.717, 1.165) is 33.2 Å². The molecule has 0 aliphatic heterocycles. The highest BCUT2D eigenvalue weighted by Gasteiger charge is 2.22. The molecule has 0 fully saturated rings. The first-order chi connectivity index (χ1) is 19.0. The fourth-order valence-corrected chi connectivity index (χ4v) is 4.53. The van der Waals surface area contributed by atoms with Crippen molar-refractivity contribution >= 4 is 28.3 Å². The topological polar surface area (TPSA) is 129 Å². The van der Waals surface area contributed by atoms with Crippen LogP contribution in [0.1, 0.15) is 40.1 Å². The Kier molecular flexibility index (Phi) is 5.93. The fraction of sp³-hybridized carbons (Fsp3) is 0.103. The molecule has 0 aliphatic carbocycles. The van der Waals surface area contributed by atoms with Crippen molar-refractivity contribution < 1.29 is 4.79 Å². The summed E-state index contributed by atoms with van der Waals surface area (Å²) >= 11 is 0. The lowest BCUT2D eigenvalue weighted by atomic mass is 9.92. The molecular weight excluding hydrogens is 490 g/mol. The Morgan fingerprint density at radius 2 is 1.90 bits per heavy atom. The third kappa shape index (κ3) is 4.53. The van der Waals surface area contributed by atoms with E-state index in [1.165, 1.54) is 4.52 Å². The van der Waals surface area contributed by atoms with Gasteiger partial charge in [0.15, 0.2) is 17.2 Å². The van der Waals surface area contributed by atoms with Crippen LogP contribution in [-0.4, -0.2) is 40.5 Å². The SMILES string of the molecule is C[C@H](NC(=O)c1c(N)nc2cccnn12)c1cc2nncc(C#Cc3cnn(C)c3)c2cc1-c1ccccc1. The van der Waals surface area contributed by atoms with Crippen LogP contribution < -0.4 is 11.1 Å². The smallest absolute Gasteiger partial charge is 0.274 e. The summed E-state index contributed by atoms with van der Waals surface area (Å²) in [7, 11) is 1.85. The molecule has 4 heterocycles. The lowest BCUT2D eigenvalue weighted by Crippen LogP contribution is -2.29. The van der Waals surface area contributed by atoms with Crippen LogP contribution in [0.4, 0.5) is 5.82 Å². The molecule has 6 rings (SSSR count). The van der Waals surface area contributed by atoms with Crippen molar-refractivity contribution in [2.75, 3.05) is 5.73 Å². The van der Waals surface area contributed by atoms with E-state index in [9.17, 15) is 4.79 Å². The summed E-state index contributed by atoms with van der Waals surface area (Å²) in [5.41, 5.74) is 11.8. The summed E-state index contributed by atoms with van der Waals surface area (Å²) in [6.07, 6.45) is 6.81. The number of nitrogens with one attached hydrogen (secondary N) is 1. The number of amides is 1. The number of aromatic nitrogens is 7. The molecule has 10 heteroatoms. The molecule has 0 spiro atoms. The number of nitrogens with two attached hydrogens (primary N) is 1. The first kappa shape index (κ1) is 23.8. The van der Waals surface area contributed by atoms with Gasteiger partial charge in [-0.2, -0.15) is 20.4 Å². The molecule has 2 aromatic carbocycles. The van der Waals surface area contributed by atoms with Gasteiger partial charge in [-0.05, 0) is 47.9 Å². The highest BCUT2D eigenvalue weighted by molar-refractivity contribution is 5.98. The monoisotopic (exact) mass is 513 g/mol. The molecule has 3 N–H and O–H groups in total. The minimum atomic E-state index is -0.405. The van der Waals surface area contributed by atoms with E-state index in [2.05, 4.69) is 48.6 Å². The van der Waals surface area contributed by atoms with Gasteiger partial charge in [0.05, 0.1) is 35.1 Å². The Morgan fingerprint density at radius 1 is 1.05 bits per heavy atom. The minimum Gasteiger partial charge on any atom is -0.382 e. The molecule has 0 radical (unpaired) electrons. The van der Waals surface area contributed by atoms with Gasteiger partial charge in [0.2, 0.25) is 0 Å². The molecular formula is C29H23N9O. The molecule has 0 saturated carbocycles. The van der Waals surface area contributed by atoms with Crippen molar-refractivity contribution in [1.29, 1.82) is 0 Å². The van der Waals surface area contributed by atoms with E-state index < -0.39 is 6.04 Å². The first-order valence-corrected chi connectivity index (χ1v) is 12.2. The van der Waals surface area contributed by atoms with Gasteiger partial charge in [0, 0.05) is 24.8 Å². The Labute approximate surface area is 223 Å². The number of rotatable bonds is 4. The fourth-order valence-electron chi connectivity index (χ4n) is 4.53. The molecule has 39 heavy (non-hydrogen) atoms. The maximum absolute atomic E-state index is 13.4. The van der Waals surface area contributed by atoms with Gasteiger partial charge in [-0.3, -0.25) is 9.48 Å². The zero-order valence-electron chi connectivity index (χ0n) is 21.2. The van der Waals surface area contributed by atoms with Crippen molar-refractivity contribution in [3.8, 4) is 23.0 Å². The molecule has 0 unspecified atom stereocenters. The number of carbonyl (C=O) groups is 1. The van der Waals surface area contributed by atoms with Crippen molar-refractivity contribution in [2.45, 2.75) is 13.0 Å².